The van der Waals surface area contributed by atoms with Crippen LogP contribution in [0, 0.1) is 19.7 Å². The Labute approximate surface area is 114 Å². The Kier molecular flexibility index (Phi) is 4.01. The first kappa shape index (κ1) is 13.8. The smallest absolute Gasteiger partial charge is 0.123 e. The van der Waals surface area contributed by atoms with Crippen LogP contribution in [0.5, 0.6) is 0 Å². The van der Waals surface area contributed by atoms with E-state index in [1.807, 2.05) is 20.9 Å². The third-order valence-electron chi connectivity index (χ3n) is 3.61. The maximum absolute atomic E-state index is 13.4. The highest BCUT2D eigenvalue weighted by Gasteiger charge is 2.10. The van der Waals surface area contributed by atoms with Gasteiger partial charge in [-0.25, -0.2) is 4.39 Å². The molecule has 19 heavy (non-hydrogen) atoms. The van der Waals surface area contributed by atoms with Crippen LogP contribution in [0.4, 0.5) is 4.39 Å². The molecule has 2 heteroatoms. The van der Waals surface area contributed by atoms with Crippen LogP contribution in [0.25, 0.3) is 11.1 Å². The molecule has 0 amide bonds. The number of halogens is 1. The van der Waals surface area contributed by atoms with Crippen molar-refractivity contribution in [3.8, 4) is 11.1 Å². The van der Waals surface area contributed by atoms with E-state index in [-0.39, 0.29) is 5.82 Å². The van der Waals surface area contributed by atoms with Crippen LogP contribution < -0.4 is 5.32 Å². The van der Waals surface area contributed by atoms with Crippen LogP contribution in [-0.2, 0) is 0 Å². The van der Waals surface area contributed by atoms with E-state index in [0.29, 0.717) is 6.04 Å². The lowest BCUT2D eigenvalue weighted by Crippen LogP contribution is -2.12. The number of hydrogen-bond acceptors (Lipinski definition) is 1. The molecule has 0 aliphatic carbocycles. The summed E-state index contributed by atoms with van der Waals surface area (Å²) in [5.74, 6) is -0.168. The van der Waals surface area contributed by atoms with Crippen molar-refractivity contribution in [2.24, 2.45) is 0 Å². The Balaban J connectivity index is 2.54. The molecule has 1 N–H and O–H groups in total. The maximum Gasteiger partial charge on any atom is 0.123 e. The predicted molar refractivity (Wildman–Crippen MR) is 78.8 cm³/mol. The lowest BCUT2D eigenvalue weighted by molar-refractivity contribution is 0.625. The number of rotatable bonds is 3. The monoisotopic (exact) mass is 257 g/mol. The van der Waals surface area contributed by atoms with Crippen molar-refractivity contribution in [3.63, 3.8) is 0 Å². The third-order valence-corrected chi connectivity index (χ3v) is 3.61. The summed E-state index contributed by atoms with van der Waals surface area (Å²) in [5.41, 5.74) is 5.47. The van der Waals surface area contributed by atoms with E-state index in [1.165, 1.54) is 5.56 Å². The first-order valence-corrected chi connectivity index (χ1v) is 6.57. The Hall–Kier alpha value is -1.67. The fraction of sp³-hybridized carbons (Fsp3) is 0.294. The molecule has 2 aromatic carbocycles. The van der Waals surface area contributed by atoms with Crippen LogP contribution in [0.15, 0.2) is 36.4 Å². The number of benzene rings is 2. The summed E-state index contributed by atoms with van der Waals surface area (Å²) in [7, 11) is 1.95. The highest BCUT2D eigenvalue weighted by Crippen LogP contribution is 2.29. The van der Waals surface area contributed by atoms with Gasteiger partial charge in [0.25, 0.3) is 0 Å². The summed E-state index contributed by atoms with van der Waals surface area (Å²) >= 11 is 0. The summed E-state index contributed by atoms with van der Waals surface area (Å²) in [6, 6.07) is 11.9. The van der Waals surface area contributed by atoms with Crippen LogP contribution >= 0.6 is 0 Å². The van der Waals surface area contributed by atoms with Gasteiger partial charge in [0.15, 0.2) is 0 Å². The van der Waals surface area contributed by atoms with Crippen molar-refractivity contribution >= 4 is 0 Å². The average Bonchev–Trinajstić information content (AvgIpc) is 2.37. The zero-order chi connectivity index (χ0) is 14.0. The summed E-state index contributed by atoms with van der Waals surface area (Å²) in [6.07, 6.45) is 0. The second-order valence-electron chi connectivity index (χ2n) is 5.05. The average molecular weight is 257 g/mol. The lowest BCUT2D eigenvalue weighted by Gasteiger charge is -2.15. The summed E-state index contributed by atoms with van der Waals surface area (Å²) in [6.45, 7) is 6.04. The second-order valence-corrected chi connectivity index (χ2v) is 5.05. The molecule has 0 saturated carbocycles. The van der Waals surface area contributed by atoms with Crippen molar-refractivity contribution in [1.82, 2.24) is 5.32 Å². The Morgan fingerprint density at radius 3 is 2.26 bits per heavy atom. The molecule has 100 valence electrons. The minimum Gasteiger partial charge on any atom is -0.313 e. The fourth-order valence-corrected chi connectivity index (χ4v) is 2.50. The van der Waals surface area contributed by atoms with Gasteiger partial charge in [-0.3, -0.25) is 0 Å². The van der Waals surface area contributed by atoms with Gasteiger partial charge in [0.05, 0.1) is 0 Å². The van der Waals surface area contributed by atoms with Gasteiger partial charge in [-0.15, -0.1) is 0 Å². The lowest BCUT2D eigenvalue weighted by atomic mass is 9.93. The molecule has 1 nitrogen and oxygen atoms in total. The molecule has 2 aromatic rings. The molecule has 0 heterocycles. The van der Waals surface area contributed by atoms with Gasteiger partial charge < -0.3 is 5.32 Å². The fourth-order valence-electron chi connectivity index (χ4n) is 2.50. The van der Waals surface area contributed by atoms with Gasteiger partial charge in [-0.1, -0.05) is 18.2 Å². The van der Waals surface area contributed by atoms with Crippen molar-refractivity contribution in [2.75, 3.05) is 7.05 Å². The van der Waals surface area contributed by atoms with E-state index in [0.717, 1.165) is 22.3 Å². The molecule has 0 bridgehead atoms. The van der Waals surface area contributed by atoms with E-state index in [2.05, 4.69) is 36.5 Å². The number of hydrogen-bond donors (Lipinski definition) is 1. The van der Waals surface area contributed by atoms with E-state index in [9.17, 15) is 4.39 Å². The zero-order valence-corrected chi connectivity index (χ0v) is 11.9. The third kappa shape index (κ3) is 2.85. The van der Waals surface area contributed by atoms with E-state index >= 15 is 0 Å². The topological polar surface area (TPSA) is 12.0 Å². The SMILES string of the molecule is CNC(C)c1cccc(-c2c(C)cc(F)cc2C)c1. The molecule has 0 spiro atoms. The molecule has 2 rings (SSSR count). The summed E-state index contributed by atoms with van der Waals surface area (Å²) < 4.78 is 13.4. The standard InChI is InChI=1S/C17H20FN/c1-11-8-16(18)9-12(2)17(11)15-7-5-6-14(10-15)13(3)19-4/h5-10,13,19H,1-4H3. The molecule has 0 aliphatic rings. The number of nitrogens with one attached hydrogen (secondary N) is 1. The van der Waals surface area contributed by atoms with Crippen LogP contribution in [0.3, 0.4) is 0 Å². The molecule has 0 radical (unpaired) electrons. The van der Waals surface area contributed by atoms with Gasteiger partial charge in [0, 0.05) is 6.04 Å². The van der Waals surface area contributed by atoms with Gasteiger partial charge in [0.1, 0.15) is 5.82 Å². The normalized spacial score (nSPS) is 12.5. The molecule has 0 fully saturated rings. The zero-order valence-electron chi connectivity index (χ0n) is 11.9. The van der Waals surface area contributed by atoms with Gasteiger partial charge in [0.2, 0.25) is 0 Å². The van der Waals surface area contributed by atoms with Gasteiger partial charge in [-0.05, 0) is 73.8 Å². The van der Waals surface area contributed by atoms with E-state index in [1.54, 1.807) is 12.1 Å². The molecule has 1 atom stereocenters. The molecule has 0 aliphatic heterocycles. The van der Waals surface area contributed by atoms with Crippen molar-refractivity contribution in [1.29, 1.82) is 0 Å². The molecular formula is C17H20FN. The van der Waals surface area contributed by atoms with Crippen molar-refractivity contribution in [2.45, 2.75) is 26.8 Å². The highest BCUT2D eigenvalue weighted by atomic mass is 19.1. The highest BCUT2D eigenvalue weighted by molar-refractivity contribution is 5.71. The quantitative estimate of drug-likeness (QED) is 0.860. The van der Waals surface area contributed by atoms with Crippen LogP contribution in [-0.4, -0.2) is 7.05 Å². The van der Waals surface area contributed by atoms with Gasteiger partial charge in [-0.2, -0.15) is 0 Å². The molecular weight excluding hydrogens is 237 g/mol. The predicted octanol–water partition coefficient (Wildman–Crippen LogP) is 4.39. The Bertz CT molecular complexity index is 567. The second kappa shape index (κ2) is 5.54. The van der Waals surface area contributed by atoms with E-state index < -0.39 is 0 Å². The van der Waals surface area contributed by atoms with Crippen LogP contribution in [0.2, 0.25) is 0 Å². The molecule has 0 aromatic heterocycles. The minimum absolute atomic E-state index is 0.168. The van der Waals surface area contributed by atoms with Crippen LogP contribution in [0.1, 0.15) is 29.7 Å². The maximum atomic E-state index is 13.4. The first-order chi connectivity index (χ1) is 9.02. The van der Waals surface area contributed by atoms with Crippen molar-refractivity contribution in [3.05, 3.63) is 58.9 Å². The Morgan fingerprint density at radius 1 is 1.05 bits per heavy atom. The summed E-state index contributed by atoms with van der Waals surface area (Å²) in [5, 5.41) is 3.24. The Morgan fingerprint density at radius 2 is 1.68 bits per heavy atom. The summed E-state index contributed by atoms with van der Waals surface area (Å²) in [4.78, 5) is 0. The first-order valence-electron chi connectivity index (χ1n) is 6.57. The van der Waals surface area contributed by atoms with Gasteiger partial charge >= 0.3 is 0 Å². The largest absolute Gasteiger partial charge is 0.313 e. The minimum atomic E-state index is -0.168. The molecule has 1 unspecified atom stereocenters. The van der Waals surface area contributed by atoms with Crippen molar-refractivity contribution < 1.29 is 4.39 Å². The van der Waals surface area contributed by atoms with E-state index in [4.69, 9.17) is 0 Å². The molecule has 0 saturated heterocycles. The number of aryl methyl sites for hydroxylation is 2.